The third-order valence-electron chi connectivity index (χ3n) is 5.50. The highest BCUT2D eigenvalue weighted by molar-refractivity contribution is 4.98. The maximum absolute atomic E-state index is 10.4. The second-order valence-corrected chi connectivity index (χ2v) is 7.71. The van der Waals surface area contributed by atoms with E-state index in [1.165, 1.54) is 25.7 Å². The van der Waals surface area contributed by atoms with Gasteiger partial charge in [0.1, 0.15) is 0 Å². The highest BCUT2D eigenvalue weighted by Gasteiger charge is 2.48. The van der Waals surface area contributed by atoms with Gasteiger partial charge in [-0.25, -0.2) is 0 Å². The summed E-state index contributed by atoms with van der Waals surface area (Å²) in [6, 6.07) is 0. The Bertz CT molecular complexity index is 254. The van der Waals surface area contributed by atoms with E-state index in [1.54, 1.807) is 0 Å². The molecule has 4 atom stereocenters. The summed E-state index contributed by atoms with van der Waals surface area (Å²) >= 11 is 0. The minimum Gasteiger partial charge on any atom is -0.390 e. The van der Waals surface area contributed by atoms with E-state index in [-0.39, 0.29) is 0 Å². The second-order valence-electron chi connectivity index (χ2n) is 7.71. The van der Waals surface area contributed by atoms with Crippen molar-refractivity contribution in [3.63, 3.8) is 0 Å². The van der Waals surface area contributed by atoms with Gasteiger partial charge in [-0.2, -0.15) is 0 Å². The summed E-state index contributed by atoms with van der Waals surface area (Å²) < 4.78 is 0. The summed E-state index contributed by atoms with van der Waals surface area (Å²) in [5.74, 6) is 2.07. The molecule has 0 aliphatic heterocycles. The van der Waals surface area contributed by atoms with Crippen molar-refractivity contribution in [1.82, 2.24) is 0 Å². The van der Waals surface area contributed by atoms with Gasteiger partial charge < -0.3 is 10.2 Å². The molecule has 0 amide bonds. The van der Waals surface area contributed by atoms with E-state index in [4.69, 9.17) is 0 Å². The number of fused-ring (bicyclic) bond motifs is 1. The molecule has 2 fully saturated rings. The highest BCUT2D eigenvalue weighted by atomic mass is 16.3. The van der Waals surface area contributed by atoms with Gasteiger partial charge in [-0.15, -0.1) is 0 Å². The zero-order valence-corrected chi connectivity index (χ0v) is 12.4. The Morgan fingerprint density at radius 1 is 0.667 bits per heavy atom. The normalized spacial score (nSPS) is 38.3. The molecule has 2 saturated carbocycles. The zero-order valence-electron chi connectivity index (χ0n) is 12.4. The molecule has 0 radical (unpaired) electrons. The Balaban J connectivity index is 2.20. The van der Waals surface area contributed by atoms with E-state index in [1.807, 2.05) is 27.7 Å². The molecule has 0 spiro atoms. The van der Waals surface area contributed by atoms with Gasteiger partial charge in [-0.1, -0.05) is 12.8 Å². The van der Waals surface area contributed by atoms with Crippen LogP contribution in [0, 0.1) is 23.7 Å². The van der Waals surface area contributed by atoms with Crippen LogP contribution in [0.3, 0.4) is 0 Å². The van der Waals surface area contributed by atoms with E-state index in [0.717, 1.165) is 12.8 Å². The first kappa shape index (κ1) is 14.3. The Morgan fingerprint density at radius 2 is 1.00 bits per heavy atom. The molecule has 2 heteroatoms. The SMILES string of the molecule is CC(C)(O)C1CCCC2C1CCCC2C(C)(C)O. The Labute approximate surface area is 112 Å². The fourth-order valence-corrected chi connectivity index (χ4v) is 4.76. The van der Waals surface area contributed by atoms with Gasteiger partial charge in [0.2, 0.25) is 0 Å². The van der Waals surface area contributed by atoms with Crippen molar-refractivity contribution in [2.45, 2.75) is 77.4 Å². The molecule has 2 rings (SSSR count). The van der Waals surface area contributed by atoms with Crippen LogP contribution >= 0.6 is 0 Å². The quantitative estimate of drug-likeness (QED) is 0.793. The molecule has 0 saturated heterocycles. The topological polar surface area (TPSA) is 40.5 Å². The van der Waals surface area contributed by atoms with Gasteiger partial charge in [-0.05, 0) is 77.0 Å². The Hall–Kier alpha value is -0.0800. The molecule has 18 heavy (non-hydrogen) atoms. The highest BCUT2D eigenvalue weighted by Crippen LogP contribution is 2.52. The van der Waals surface area contributed by atoms with Gasteiger partial charge in [0.15, 0.2) is 0 Å². The Kier molecular flexibility index (Phi) is 3.81. The van der Waals surface area contributed by atoms with Crippen molar-refractivity contribution in [2.75, 3.05) is 0 Å². The minimum atomic E-state index is -0.565. The van der Waals surface area contributed by atoms with Gasteiger partial charge in [0, 0.05) is 0 Å². The van der Waals surface area contributed by atoms with Crippen molar-refractivity contribution in [3.05, 3.63) is 0 Å². The smallest absolute Gasteiger partial charge is 0.0622 e. The number of aliphatic hydroxyl groups is 2. The lowest BCUT2D eigenvalue weighted by Gasteiger charge is -2.51. The van der Waals surface area contributed by atoms with E-state index in [9.17, 15) is 10.2 Å². The van der Waals surface area contributed by atoms with E-state index < -0.39 is 11.2 Å². The summed E-state index contributed by atoms with van der Waals surface area (Å²) in [5.41, 5.74) is -1.13. The summed E-state index contributed by atoms with van der Waals surface area (Å²) in [6.07, 6.45) is 7.22. The molecule has 2 aliphatic carbocycles. The molecule has 2 nitrogen and oxygen atoms in total. The van der Waals surface area contributed by atoms with Gasteiger partial charge in [-0.3, -0.25) is 0 Å². The first-order valence-electron chi connectivity index (χ1n) is 7.66. The average molecular weight is 254 g/mol. The van der Waals surface area contributed by atoms with E-state index in [2.05, 4.69) is 0 Å². The van der Waals surface area contributed by atoms with Crippen LogP contribution in [0.1, 0.15) is 66.2 Å². The molecule has 0 heterocycles. The van der Waals surface area contributed by atoms with Crippen molar-refractivity contribution in [1.29, 1.82) is 0 Å². The maximum atomic E-state index is 10.4. The average Bonchev–Trinajstić information content (AvgIpc) is 2.24. The van der Waals surface area contributed by atoms with Crippen LogP contribution < -0.4 is 0 Å². The fraction of sp³-hybridized carbons (Fsp3) is 1.00. The third kappa shape index (κ3) is 2.75. The van der Waals surface area contributed by atoms with Crippen LogP contribution in [0.4, 0.5) is 0 Å². The van der Waals surface area contributed by atoms with Gasteiger partial charge in [0.05, 0.1) is 11.2 Å². The lowest BCUT2D eigenvalue weighted by Crippen LogP contribution is -2.49. The molecule has 0 bridgehead atoms. The fourth-order valence-electron chi connectivity index (χ4n) is 4.76. The van der Waals surface area contributed by atoms with Crippen LogP contribution in [-0.2, 0) is 0 Å². The van der Waals surface area contributed by atoms with Crippen molar-refractivity contribution < 1.29 is 10.2 Å². The van der Waals surface area contributed by atoms with Gasteiger partial charge in [0.25, 0.3) is 0 Å². The number of hydrogen-bond acceptors (Lipinski definition) is 2. The molecule has 106 valence electrons. The first-order valence-corrected chi connectivity index (χ1v) is 7.66. The monoisotopic (exact) mass is 254 g/mol. The molecule has 2 N–H and O–H groups in total. The molecule has 0 aromatic rings. The van der Waals surface area contributed by atoms with Crippen LogP contribution in [0.2, 0.25) is 0 Å². The largest absolute Gasteiger partial charge is 0.390 e. The summed E-state index contributed by atoms with van der Waals surface area (Å²) in [7, 11) is 0. The molecular formula is C16H30O2. The number of hydrogen-bond donors (Lipinski definition) is 2. The molecule has 4 unspecified atom stereocenters. The van der Waals surface area contributed by atoms with Crippen LogP contribution in [0.15, 0.2) is 0 Å². The molecule has 2 aliphatic rings. The Morgan fingerprint density at radius 3 is 1.28 bits per heavy atom. The maximum Gasteiger partial charge on any atom is 0.0622 e. The predicted octanol–water partition coefficient (Wildman–Crippen LogP) is 3.36. The van der Waals surface area contributed by atoms with Crippen molar-refractivity contribution >= 4 is 0 Å². The summed E-state index contributed by atoms with van der Waals surface area (Å²) in [4.78, 5) is 0. The molecular weight excluding hydrogens is 224 g/mol. The van der Waals surface area contributed by atoms with E-state index in [0.29, 0.717) is 23.7 Å². The van der Waals surface area contributed by atoms with Crippen LogP contribution in [0.25, 0.3) is 0 Å². The minimum absolute atomic E-state index is 0.418. The molecule has 0 aromatic carbocycles. The van der Waals surface area contributed by atoms with Crippen LogP contribution in [-0.4, -0.2) is 21.4 Å². The standard InChI is InChI=1S/C16H30O2/c1-15(2,17)13-9-5-8-12-11(13)7-6-10-14(12)16(3,4)18/h11-14,17-18H,5-10H2,1-4H3. The first-order chi connectivity index (χ1) is 8.21. The zero-order chi connectivity index (χ0) is 13.6. The number of rotatable bonds is 2. The third-order valence-corrected chi connectivity index (χ3v) is 5.50. The summed E-state index contributed by atoms with van der Waals surface area (Å²) in [5, 5.41) is 20.8. The van der Waals surface area contributed by atoms with Gasteiger partial charge >= 0.3 is 0 Å². The summed E-state index contributed by atoms with van der Waals surface area (Å²) in [6.45, 7) is 7.86. The molecule has 0 aromatic heterocycles. The lowest BCUT2D eigenvalue weighted by molar-refractivity contribution is -0.107. The van der Waals surface area contributed by atoms with Crippen molar-refractivity contribution in [3.8, 4) is 0 Å². The second kappa shape index (κ2) is 4.79. The van der Waals surface area contributed by atoms with E-state index >= 15 is 0 Å². The van der Waals surface area contributed by atoms with Crippen molar-refractivity contribution in [2.24, 2.45) is 23.7 Å². The lowest BCUT2D eigenvalue weighted by atomic mass is 9.56. The predicted molar refractivity (Wildman–Crippen MR) is 74.3 cm³/mol. The van der Waals surface area contributed by atoms with Crippen LogP contribution in [0.5, 0.6) is 0 Å².